The van der Waals surface area contributed by atoms with Gasteiger partial charge in [-0.15, -0.1) is 0 Å². The Morgan fingerprint density at radius 2 is 1.76 bits per heavy atom. The largest absolute Gasteiger partial charge is 0.461 e. The smallest absolute Gasteiger partial charge is 0.444 e. The van der Waals surface area contributed by atoms with Crippen LogP contribution in [0.4, 0.5) is 26.7 Å². The summed E-state index contributed by atoms with van der Waals surface area (Å²) in [5, 5.41) is 5.60. The number of fused-ring (bicyclic) bond motifs is 1. The molecule has 11 heteroatoms. The summed E-state index contributed by atoms with van der Waals surface area (Å²) in [5.74, 6) is -8.02. The van der Waals surface area contributed by atoms with Gasteiger partial charge in [-0.05, 0) is 20.8 Å². The van der Waals surface area contributed by atoms with Crippen LogP contribution in [-0.4, -0.2) is 51.2 Å². The summed E-state index contributed by atoms with van der Waals surface area (Å²) in [7, 11) is 0. The first kappa shape index (κ1) is 19.1. The minimum Gasteiger partial charge on any atom is -0.444 e. The van der Waals surface area contributed by atoms with E-state index in [1.54, 1.807) is 20.8 Å². The second-order valence-electron chi connectivity index (χ2n) is 6.58. The quantitative estimate of drug-likeness (QED) is 0.642. The fraction of sp³-hybridized carbons (Fsp3) is 0.643. The molecule has 0 radical (unpaired) electrons. The zero-order chi connectivity index (χ0) is 19.2. The van der Waals surface area contributed by atoms with E-state index < -0.39 is 35.3 Å². The van der Waals surface area contributed by atoms with E-state index in [9.17, 15) is 31.5 Å². The number of aromatic nitrogens is 2. The van der Waals surface area contributed by atoms with Crippen molar-refractivity contribution < 1.29 is 36.3 Å². The van der Waals surface area contributed by atoms with Gasteiger partial charge in [-0.2, -0.15) is 27.1 Å². The number of hydrogen-bond donors (Lipinski definition) is 1. The molecule has 0 atom stereocenters. The molecule has 0 aliphatic carbocycles. The van der Waals surface area contributed by atoms with Crippen LogP contribution in [0.5, 0.6) is 0 Å². The van der Waals surface area contributed by atoms with Gasteiger partial charge in [-0.25, -0.2) is 4.79 Å². The molecule has 1 aromatic rings. The number of H-pyrrole nitrogens is 1. The summed E-state index contributed by atoms with van der Waals surface area (Å²) in [6, 6.07) is 0. The van der Waals surface area contributed by atoms with Gasteiger partial charge in [-0.3, -0.25) is 9.89 Å². The molecule has 0 aromatic carbocycles. The van der Waals surface area contributed by atoms with Gasteiger partial charge in [0, 0.05) is 24.2 Å². The van der Waals surface area contributed by atoms with Gasteiger partial charge in [0.25, 0.3) is 5.78 Å². The van der Waals surface area contributed by atoms with Crippen LogP contribution >= 0.6 is 0 Å². The molecular formula is C14H16F5N3O3. The van der Waals surface area contributed by atoms with E-state index >= 15 is 0 Å². The lowest BCUT2D eigenvalue weighted by Gasteiger charge is -2.30. The van der Waals surface area contributed by atoms with Crippen molar-refractivity contribution in [2.24, 2.45) is 0 Å². The van der Waals surface area contributed by atoms with Gasteiger partial charge < -0.3 is 9.64 Å². The highest BCUT2D eigenvalue weighted by Gasteiger charge is 2.64. The number of ether oxygens (including phenoxy) is 1. The van der Waals surface area contributed by atoms with Gasteiger partial charge in [0.05, 0.1) is 6.54 Å². The average Bonchev–Trinajstić information content (AvgIpc) is 2.86. The van der Waals surface area contributed by atoms with E-state index in [4.69, 9.17) is 4.74 Å². The lowest BCUT2D eigenvalue weighted by Crippen LogP contribution is -2.45. The SMILES string of the molecule is CC(C)(C)OC(=O)N1CCc2[nH]nc(C(=O)C(F)(F)C(F)(F)F)c2C1. The summed E-state index contributed by atoms with van der Waals surface area (Å²) in [5.41, 5.74) is -1.76. The highest BCUT2D eigenvalue weighted by molar-refractivity contribution is 6.01. The molecule has 1 aliphatic heterocycles. The van der Waals surface area contributed by atoms with Crippen LogP contribution in [0, 0.1) is 0 Å². The fourth-order valence-corrected chi connectivity index (χ4v) is 2.24. The second kappa shape index (κ2) is 5.95. The van der Waals surface area contributed by atoms with Gasteiger partial charge in [0.2, 0.25) is 0 Å². The van der Waals surface area contributed by atoms with Crippen LogP contribution in [0.25, 0.3) is 0 Å². The number of amides is 1. The Morgan fingerprint density at radius 1 is 1.16 bits per heavy atom. The Bertz CT molecular complexity index is 691. The summed E-state index contributed by atoms with van der Waals surface area (Å²) < 4.78 is 69.0. The third kappa shape index (κ3) is 3.74. The molecule has 0 spiro atoms. The maximum Gasteiger partial charge on any atom is 0.461 e. The van der Waals surface area contributed by atoms with E-state index in [0.717, 1.165) is 4.90 Å². The van der Waals surface area contributed by atoms with E-state index in [-0.39, 0.29) is 30.8 Å². The number of ketones is 1. The second-order valence-corrected chi connectivity index (χ2v) is 6.58. The Balaban J connectivity index is 2.27. The summed E-state index contributed by atoms with van der Waals surface area (Å²) >= 11 is 0. The molecule has 1 N–H and O–H groups in total. The lowest BCUT2D eigenvalue weighted by atomic mass is 10.0. The topological polar surface area (TPSA) is 75.3 Å². The molecule has 0 fully saturated rings. The Morgan fingerprint density at radius 3 is 2.28 bits per heavy atom. The molecule has 1 aromatic heterocycles. The molecule has 2 heterocycles. The van der Waals surface area contributed by atoms with E-state index in [1.807, 2.05) is 0 Å². The fourth-order valence-electron chi connectivity index (χ4n) is 2.24. The molecule has 140 valence electrons. The maximum atomic E-state index is 13.3. The molecule has 0 unspecified atom stereocenters. The normalized spacial score (nSPS) is 15.8. The number of halogens is 5. The molecule has 1 aliphatic rings. The predicted molar refractivity (Wildman–Crippen MR) is 74.3 cm³/mol. The third-order valence-corrected chi connectivity index (χ3v) is 3.44. The van der Waals surface area contributed by atoms with Crippen molar-refractivity contribution in [2.45, 2.75) is 51.4 Å². The van der Waals surface area contributed by atoms with Crippen molar-refractivity contribution in [1.82, 2.24) is 15.1 Å². The molecular weight excluding hydrogens is 353 g/mol. The Hall–Kier alpha value is -2.20. The molecule has 0 bridgehead atoms. The van der Waals surface area contributed by atoms with Crippen LogP contribution < -0.4 is 0 Å². The predicted octanol–water partition coefficient (Wildman–Crippen LogP) is 3.08. The van der Waals surface area contributed by atoms with Crippen LogP contribution in [0.2, 0.25) is 0 Å². The van der Waals surface area contributed by atoms with Gasteiger partial charge >= 0.3 is 18.2 Å². The maximum absolute atomic E-state index is 13.3. The summed E-state index contributed by atoms with van der Waals surface area (Å²) in [4.78, 5) is 24.8. The van der Waals surface area contributed by atoms with Crippen molar-refractivity contribution in [3.63, 3.8) is 0 Å². The number of nitrogens with one attached hydrogen (secondary N) is 1. The van der Waals surface area contributed by atoms with E-state index in [2.05, 4.69) is 10.2 Å². The standard InChI is InChI=1S/C14H16F5N3O3/c1-12(2,3)25-11(24)22-5-4-8-7(6-22)9(21-20-8)10(23)13(15,16)14(17,18)19/h4-6H2,1-3H3,(H,20,21). The number of carbonyl (C=O) groups is 2. The van der Waals surface area contributed by atoms with Crippen LogP contribution in [0.3, 0.4) is 0 Å². The zero-order valence-corrected chi connectivity index (χ0v) is 13.6. The first-order chi connectivity index (χ1) is 11.2. The lowest BCUT2D eigenvalue weighted by molar-refractivity contribution is -0.255. The molecule has 2 rings (SSSR count). The monoisotopic (exact) mass is 369 g/mol. The molecule has 0 saturated carbocycles. The minimum atomic E-state index is -6.03. The highest BCUT2D eigenvalue weighted by Crippen LogP contribution is 2.39. The van der Waals surface area contributed by atoms with Gasteiger partial charge in [0.1, 0.15) is 11.3 Å². The molecule has 1 amide bonds. The average molecular weight is 369 g/mol. The number of nitrogens with zero attached hydrogens (tertiary/aromatic N) is 2. The first-order valence-electron chi connectivity index (χ1n) is 7.27. The van der Waals surface area contributed by atoms with E-state index in [0.29, 0.717) is 0 Å². The highest BCUT2D eigenvalue weighted by atomic mass is 19.4. The number of rotatable bonds is 2. The number of carbonyl (C=O) groups excluding carboxylic acids is 2. The van der Waals surface area contributed by atoms with Crippen LogP contribution in [0.15, 0.2) is 0 Å². The molecule has 25 heavy (non-hydrogen) atoms. The Kier molecular flexibility index (Phi) is 4.56. The van der Waals surface area contributed by atoms with Crippen molar-refractivity contribution in [3.05, 3.63) is 17.0 Å². The summed E-state index contributed by atoms with van der Waals surface area (Å²) in [6.45, 7) is 4.66. The van der Waals surface area contributed by atoms with Crippen molar-refractivity contribution in [2.75, 3.05) is 6.54 Å². The number of alkyl halides is 5. The van der Waals surface area contributed by atoms with Crippen molar-refractivity contribution in [1.29, 1.82) is 0 Å². The van der Waals surface area contributed by atoms with Gasteiger partial charge in [0.15, 0.2) is 0 Å². The first-order valence-corrected chi connectivity index (χ1v) is 7.27. The number of hydrogen-bond acceptors (Lipinski definition) is 4. The number of Topliss-reactive ketones (excluding diaryl/α,β-unsaturated/α-hetero) is 1. The number of aromatic amines is 1. The summed E-state index contributed by atoms with van der Waals surface area (Å²) in [6.07, 6.45) is -6.68. The van der Waals surface area contributed by atoms with E-state index in [1.165, 1.54) is 0 Å². The molecule has 0 saturated heterocycles. The van der Waals surface area contributed by atoms with Crippen LogP contribution in [0.1, 0.15) is 42.5 Å². The van der Waals surface area contributed by atoms with Gasteiger partial charge in [-0.1, -0.05) is 0 Å². The van der Waals surface area contributed by atoms with Crippen LogP contribution in [-0.2, 0) is 17.7 Å². The van der Waals surface area contributed by atoms with Crippen molar-refractivity contribution in [3.8, 4) is 0 Å². The Labute approximate surface area is 139 Å². The van der Waals surface area contributed by atoms with Crippen molar-refractivity contribution >= 4 is 11.9 Å². The molecule has 6 nitrogen and oxygen atoms in total. The minimum absolute atomic E-state index is 0.118. The third-order valence-electron chi connectivity index (χ3n) is 3.44. The zero-order valence-electron chi connectivity index (χ0n) is 13.6.